The van der Waals surface area contributed by atoms with E-state index in [1.807, 2.05) is 22.8 Å². The average molecular weight is 381 g/mol. The van der Waals surface area contributed by atoms with Crippen LogP contribution in [0.15, 0.2) is 24.4 Å². The molecule has 9 nitrogen and oxygen atoms in total. The number of nitrogens with one attached hydrogen (secondary N) is 2. The molecule has 0 spiro atoms. The van der Waals surface area contributed by atoms with Crippen molar-refractivity contribution in [3.05, 3.63) is 30.1 Å². The van der Waals surface area contributed by atoms with Crippen LogP contribution in [0.5, 0.6) is 0 Å². The maximum absolute atomic E-state index is 8.36. The number of fused-ring (bicyclic) bond motifs is 1. The van der Waals surface area contributed by atoms with Crippen molar-refractivity contribution in [2.75, 3.05) is 23.3 Å². The van der Waals surface area contributed by atoms with Crippen molar-refractivity contribution in [3.63, 3.8) is 0 Å². The molecular formula is C19H23N7O2. The lowest BCUT2D eigenvalue weighted by Gasteiger charge is -2.16. The first-order valence-corrected chi connectivity index (χ1v) is 9.12. The monoisotopic (exact) mass is 381 g/mol. The highest BCUT2D eigenvalue weighted by molar-refractivity contribution is 5.73. The number of carbonyl (C=O) groups is 1. The van der Waals surface area contributed by atoms with Crippen LogP contribution in [0.1, 0.15) is 37.3 Å². The first-order chi connectivity index (χ1) is 13.8. The normalized spacial score (nSPS) is 15.3. The first-order valence-electron chi connectivity index (χ1n) is 9.12. The molecule has 9 heteroatoms. The van der Waals surface area contributed by atoms with Gasteiger partial charge in [0.1, 0.15) is 5.52 Å². The van der Waals surface area contributed by atoms with Crippen LogP contribution in [-0.4, -0.2) is 49.5 Å². The molecule has 1 saturated carbocycles. The molecule has 2 aliphatic rings. The number of rotatable bonds is 4. The molecule has 0 bridgehead atoms. The Balaban J connectivity index is 0.000000414. The minimum Gasteiger partial charge on any atom is -0.483 e. The van der Waals surface area contributed by atoms with E-state index in [2.05, 4.69) is 44.4 Å². The number of anilines is 3. The molecule has 1 aliphatic heterocycles. The molecule has 4 heterocycles. The van der Waals surface area contributed by atoms with E-state index in [4.69, 9.17) is 14.9 Å². The Labute approximate surface area is 162 Å². The summed E-state index contributed by atoms with van der Waals surface area (Å²) >= 11 is 0. The topological polar surface area (TPSA) is 111 Å². The molecule has 28 heavy (non-hydrogen) atoms. The molecule has 2 fully saturated rings. The van der Waals surface area contributed by atoms with Crippen molar-refractivity contribution in [3.8, 4) is 12.8 Å². The Hall–Kier alpha value is -3.54. The van der Waals surface area contributed by atoms with Gasteiger partial charge in [-0.15, -0.1) is 17.9 Å². The zero-order valence-electron chi connectivity index (χ0n) is 15.5. The van der Waals surface area contributed by atoms with Crippen molar-refractivity contribution in [2.45, 2.75) is 31.6 Å². The summed E-state index contributed by atoms with van der Waals surface area (Å²) in [5.41, 5.74) is 2.18. The van der Waals surface area contributed by atoms with Gasteiger partial charge in [-0.2, -0.15) is 10.1 Å². The van der Waals surface area contributed by atoms with Crippen LogP contribution in [0.3, 0.4) is 0 Å². The van der Waals surface area contributed by atoms with Gasteiger partial charge in [-0.3, -0.25) is 9.89 Å². The zero-order chi connectivity index (χ0) is 19.9. The number of hydrogen-bond donors (Lipinski definition) is 3. The van der Waals surface area contributed by atoms with Gasteiger partial charge in [0.15, 0.2) is 11.6 Å². The van der Waals surface area contributed by atoms with Crippen molar-refractivity contribution in [1.29, 1.82) is 0 Å². The molecule has 0 aromatic carbocycles. The summed E-state index contributed by atoms with van der Waals surface area (Å²) in [7, 11) is 0. The van der Waals surface area contributed by atoms with Crippen molar-refractivity contribution in [2.24, 2.45) is 0 Å². The summed E-state index contributed by atoms with van der Waals surface area (Å²) in [5.74, 6) is 3.07. The molecule has 0 amide bonds. The van der Waals surface area contributed by atoms with Gasteiger partial charge >= 0.3 is 0 Å². The standard InChI is InChI=1S/C16H19N7.C2H2.CH2O2/c1-2-8-22(7-1)16-18-15(13-4-3-9-23(13)21-16)17-14-10-12(19-20-14)11-5-6-11;1-2;2-1-3/h3-4,9-11H,1-2,5-8H2,(H2,17,18,19,20,21);1-2H;1H,(H,2,3). The van der Waals surface area contributed by atoms with Gasteiger partial charge in [0.2, 0.25) is 5.95 Å². The zero-order valence-corrected chi connectivity index (χ0v) is 15.5. The Morgan fingerprint density at radius 1 is 1.29 bits per heavy atom. The number of H-pyrrole nitrogens is 1. The lowest BCUT2D eigenvalue weighted by Crippen LogP contribution is -2.22. The van der Waals surface area contributed by atoms with E-state index in [1.54, 1.807) is 0 Å². The van der Waals surface area contributed by atoms with Crippen LogP contribution in [0, 0.1) is 12.8 Å². The Kier molecular flexibility index (Phi) is 6.11. The lowest BCUT2D eigenvalue weighted by atomic mass is 10.3. The fraction of sp³-hybridized carbons (Fsp3) is 0.368. The summed E-state index contributed by atoms with van der Waals surface area (Å²) in [4.78, 5) is 15.4. The number of carboxylic acid groups (broad SMARTS) is 1. The molecule has 0 radical (unpaired) electrons. The smallest absolute Gasteiger partial charge is 0.290 e. The highest BCUT2D eigenvalue weighted by atomic mass is 16.3. The van der Waals surface area contributed by atoms with Crippen LogP contribution in [0.4, 0.5) is 17.6 Å². The maximum Gasteiger partial charge on any atom is 0.290 e. The molecule has 1 aliphatic carbocycles. The van der Waals surface area contributed by atoms with Gasteiger partial charge in [-0.25, -0.2) is 4.52 Å². The van der Waals surface area contributed by atoms with Crippen molar-refractivity contribution in [1.82, 2.24) is 24.8 Å². The summed E-state index contributed by atoms with van der Waals surface area (Å²) in [6.45, 7) is 1.81. The third-order valence-electron chi connectivity index (χ3n) is 4.63. The maximum atomic E-state index is 8.36. The van der Waals surface area contributed by atoms with E-state index in [-0.39, 0.29) is 6.47 Å². The van der Waals surface area contributed by atoms with E-state index in [9.17, 15) is 0 Å². The molecule has 3 aromatic heterocycles. The number of aromatic amines is 1. The first kappa shape index (κ1) is 19.2. The van der Waals surface area contributed by atoms with Gasteiger partial charge in [-0.1, -0.05) is 0 Å². The number of hydrogen-bond acceptors (Lipinski definition) is 6. The van der Waals surface area contributed by atoms with Crippen LogP contribution in [0.2, 0.25) is 0 Å². The third kappa shape index (κ3) is 4.23. The van der Waals surface area contributed by atoms with Crippen LogP contribution < -0.4 is 10.2 Å². The van der Waals surface area contributed by atoms with E-state index in [0.717, 1.165) is 36.2 Å². The summed E-state index contributed by atoms with van der Waals surface area (Å²) in [5, 5.41) is 22.4. The Morgan fingerprint density at radius 2 is 2.00 bits per heavy atom. The predicted octanol–water partition coefficient (Wildman–Crippen LogP) is 2.62. The Morgan fingerprint density at radius 3 is 2.68 bits per heavy atom. The largest absolute Gasteiger partial charge is 0.483 e. The highest BCUT2D eigenvalue weighted by Gasteiger charge is 2.25. The van der Waals surface area contributed by atoms with E-state index >= 15 is 0 Å². The third-order valence-corrected chi connectivity index (χ3v) is 4.63. The van der Waals surface area contributed by atoms with Crippen molar-refractivity contribution < 1.29 is 9.90 Å². The molecule has 0 atom stereocenters. The van der Waals surface area contributed by atoms with E-state index in [1.165, 1.54) is 31.4 Å². The minimum atomic E-state index is -0.250. The van der Waals surface area contributed by atoms with Crippen LogP contribution in [0.25, 0.3) is 5.52 Å². The van der Waals surface area contributed by atoms with Crippen molar-refractivity contribution >= 4 is 29.6 Å². The molecule has 1 saturated heterocycles. The fourth-order valence-corrected chi connectivity index (χ4v) is 3.19. The number of terminal acetylenes is 1. The second kappa shape index (κ2) is 8.90. The van der Waals surface area contributed by atoms with Gasteiger partial charge in [0.25, 0.3) is 6.47 Å². The average Bonchev–Trinajstić information content (AvgIpc) is 3.12. The molecule has 5 rings (SSSR count). The van der Waals surface area contributed by atoms with E-state index in [0.29, 0.717) is 5.92 Å². The minimum absolute atomic E-state index is 0.250. The van der Waals surface area contributed by atoms with Gasteiger partial charge in [0, 0.05) is 37.0 Å². The number of aromatic nitrogens is 5. The Bertz CT molecular complexity index is 936. The molecule has 3 aromatic rings. The number of nitrogens with zero attached hydrogens (tertiary/aromatic N) is 5. The van der Waals surface area contributed by atoms with Gasteiger partial charge in [-0.05, 0) is 37.8 Å². The van der Waals surface area contributed by atoms with Crippen LogP contribution >= 0.6 is 0 Å². The second-order valence-corrected chi connectivity index (χ2v) is 6.51. The van der Waals surface area contributed by atoms with Gasteiger partial charge in [0.05, 0.1) is 0 Å². The fourth-order valence-electron chi connectivity index (χ4n) is 3.19. The summed E-state index contributed by atoms with van der Waals surface area (Å²) < 4.78 is 1.89. The highest BCUT2D eigenvalue weighted by Crippen LogP contribution is 2.39. The van der Waals surface area contributed by atoms with Gasteiger partial charge < -0.3 is 15.3 Å². The molecule has 3 N–H and O–H groups in total. The second-order valence-electron chi connectivity index (χ2n) is 6.51. The van der Waals surface area contributed by atoms with Crippen LogP contribution in [-0.2, 0) is 4.79 Å². The molecule has 146 valence electrons. The summed E-state index contributed by atoms with van der Waals surface area (Å²) in [6.07, 6.45) is 14.9. The molecular weight excluding hydrogens is 358 g/mol. The SMILES string of the molecule is C#C.O=CO.c1cc2c(Nc3cc(C4CC4)[nH]n3)nc(N3CCCC3)nn2c1. The quantitative estimate of drug-likeness (QED) is 0.470. The predicted molar refractivity (Wildman–Crippen MR) is 107 cm³/mol. The lowest BCUT2D eigenvalue weighted by molar-refractivity contribution is -0.122. The van der Waals surface area contributed by atoms with E-state index < -0.39 is 0 Å². The summed E-state index contributed by atoms with van der Waals surface area (Å²) in [6, 6.07) is 6.10. The molecule has 0 unspecified atom stereocenters.